The standard InChI is InChI=1S/C16H19ClN2/c17-8-7-15-5-3-9-19(15)12-13-10-14-4-1-2-6-16(14)18-11-13/h1-2,4,6,10-11,15H,3,5,7-9,12H2. The highest BCUT2D eigenvalue weighted by atomic mass is 35.5. The highest BCUT2D eigenvalue weighted by Crippen LogP contribution is 2.23. The van der Waals surface area contributed by atoms with Gasteiger partial charge in [0.25, 0.3) is 0 Å². The summed E-state index contributed by atoms with van der Waals surface area (Å²) in [7, 11) is 0. The number of pyridine rings is 1. The normalized spacial score (nSPS) is 20.2. The van der Waals surface area contributed by atoms with E-state index in [4.69, 9.17) is 11.6 Å². The van der Waals surface area contributed by atoms with Crippen LogP contribution >= 0.6 is 11.6 Å². The maximum absolute atomic E-state index is 5.89. The summed E-state index contributed by atoms with van der Waals surface area (Å²) in [5.74, 6) is 0.761. The fourth-order valence-electron chi connectivity index (χ4n) is 2.99. The molecule has 1 aliphatic heterocycles. The first-order valence-corrected chi connectivity index (χ1v) is 7.54. The summed E-state index contributed by atoms with van der Waals surface area (Å²) in [6.45, 7) is 2.19. The molecule has 2 aromatic rings. The molecule has 3 rings (SSSR count). The number of hydrogen-bond donors (Lipinski definition) is 0. The number of rotatable bonds is 4. The maximum atomic E-state index is 5.89. The highest BCUT2D eigenvalue weighted by Gasteiger charge is 2.23. The number of alkyl halides is 1. The van der Waals surface area contributed by atoms with Gasteiger partial charge in [0.1, 0.15) is 0 Å². The fourth-order valence-corrected chi connectivity index (χ4v) is 3.25. The first kappa shape index (κ1) is 12.9. The van der Waals surface area contributed by atoms with Crippen LogP contribution in [0.2, 0.25) is 0 Å². The molecule has 1 fully saturated rings. The monoisotopic (exact) mass is 274 g/mol. The quantitative estimate of drug-likeness (QED) is 0.788. The van der Waals surface area contributed by atoms with Gasteiger partial charge in [-0.3, -0.25) is 9.88 Å². The van der Waals surface area contributed by atoms with Gasteiger partial charge >= 0.3 is 0 Å². The molecule has 1 aliphatic rings. The number of para-hydroxylation sites is 1. The highest BCUT2D eigenvalue weighted by molar-refractivity contribution is 6.17. The third-order valence-electron chi connectivity index (χ3n) is 3.97. The number of nitrogens with zero attached hydrogens (tertiary/aromatic N) is 2. The van der Waals surface area contributed by atoms with Crippen LogP contribution in [0.15, 0.2) is 36.5 Å². The molecule has 3 heteroatoms. The van der Waals surface area contributed by atoms with Crippen molar-refractivity contribution in [3.05, 3.63) is 42.1 Å². The van der Waals surface area contributed by atoms with Crippen molar-refractivity contribution >= 4 is 22.5 Å². The number of benzene rings is 1. The summed E-state index contributed by atoms with van der Waals surface area (Å²) in [5, 5.41) is 1.23. The Morgan fingerprint density at radius 1 is 1.32 bits per heavy atom. The molecule has 0 amide bonds. The lowest BCUT2D eigenvalue weighted by Crippen LogP contribution is -2.29. The molecule has 1 unspecified atom stereocenters. The van der Waals surface area contributed by atoms with Crippen LogP contribution in [0.5, 0.6) is 0 Å². The minimum Gasteiger partial charge on any atom is -0.296 e. The van der Waals surface area contributed by atoms with Crippen LogP contribution in [0.4, 0.5) is 0 Å². The maximum Gasteiger partial charge on any atom is 0.0702 e. The number of halogens is 1. The van der Waals surface area contributed by atoms with Crippen LogP contribution in [-0.4, -0.2) is 28.4 Å². The predicted octanol–water partition coefficient (Wildman–Crippen LogP) is 3.83. The predicted molar refractivity (Wildman–Crippen MR) is 80.5 cm³/mol. The van der Waals surface area contributed by atoms with E-state index >= 15 is 0 Å². The van der Waals surface area contributed by atoms with Gasteiger partial charge in [-0.25, -0.2) is 0 Å². The van der Waals surface area contributed by atoms with Gasteiger partial charge in [0.2, 0.25) is 0 Å². The van der Waals surface area contributed by atoms with Crippen LogP contribution in [0.25, 0.3) is 10.9 Å². The minimum absolute atomic E-state index is 0.656. The molecular formula is C16H19ClN2. The summed E-state index contributed by atoms with van der Waals surface area (Å²) in [6.07, 6.45) is 5.69. The second-order valence-corrected chi connectivity index (χ2v) is 5.66. The molecule has 2 nitrogen and oxygen atoms in total. The molecule has 0 radical (unpaired) electrons. The molecule has 1 atom stereocenters. The zero-order valence-electron chi connectivity index (χ0n) is 11.1. The smallest absolute Gasteiger partial charge is 0.0702 e. The molecular weight excluding hydrogens is 256 g/mol. The molecule has 0 spiro atoms. The van der Waals surface area contributed by atoms with Crippen LogP contribution in [0.1, 0.15) is 24.8 Å². The van der Waals surface area contributed by atoms with Crippen molar-refractivity contribution in [2.45, 2.75) is 31.8 Å². The number of aromatic nitrogens is 1. The summed E-state index contributed by atoms with van der Waals surface area (Å²) in [4.78, 5) is 7.09. The third-order valence-corrected chi connectivity index (χ3v) is 4.19. The van der Waals surface area contributed by atoms with E-state index in [1.165, 1.54) is 30.3 Å². The Hall–Kier alpha value is -1.12. The zero-order chi connectivity index (χ0) is 13.1. The summed E-state index contributed by atoms with van der Waals surface area (Å²) >= 11 is 5.89. The van der Waals surface area contributed by atoms with Crippen LogP contribution < -0.4 is 0 Å². The molecule has 2 heterocycles. The second-order valence-electron chi connectivity index (χ2n) is 5.28. The van der Waals surface area contributed by atoms with E-state index in [1.54, 1.807) is 0 Å². The largest absolute Gasteiger partial charge is 0.296 e. The van der Waals surface area contributed by atoms with E-state index in [-0.39, 0.29) is 0 Å². The molecule has 0 bridgehead atoms. The molecule has 0 saturated carbocycles. The number of fused-ring (bicyclic) bond motifs is 1. The molecule has 1 aromatic carbocycles. The first-order chi connectivity index (χ1) is 9.36. The molecule has 0 N–H and O–H groups in total. The van der Waals surface area contributed by atoms with E-state index in [1.807, 2.05) is 12.3 Å². The van der Waals surface area contributed by atoms with E-state index in [0.29, 0.717) is 6.04 Å². The number of likely N-dealkylation sites (tertiary alicyclic amines) is 1. The van der Waals surface area contributed by atoms with Gasteiger partial charge in [0.05, 0.1) is 5.52 Å². The lowest BCUT2D eigenvalue weighted by Gasteiger charge is -2.23. The van der Waals surface area contributed by atoms with Gasteiger partial charge in [-0.05, 0) is 43.5 Å². The van der Waals surface area contributed by atoms with E-state index in [0.717, 1.165) is 24.4 Å². The Balaban J connectivity index is 1.77. The fraction of sp³-hybridized carbons (Fsp3) is 0.438. The van der Waals surface area contributed by atoms with Crippen molar-refractivity contribution in [3.8, 4) is 0 Å². The van der Waals surface area contributed by atoms with Gasteiger partial charge in [0, 0.05) is 30.0 Å². The average molecular weight is 275 g/mol. The van der Waals surface area contributed by atoms with Gasteiger partial charge in [-0.1, -0.05) is 18.2 Å². The third kappa shape index (κ3) is 2.90. The lowest BCUT2D eigenvalue weighted by molar-refractivity contribution is 0.240. The van der Waals surface area contributed by atoms with Gasteiger partial charge in [-0.15, -0.1) is 11.6 Å². The summed E-state index contributed by atoms with van der Waals surface area (Å²) in [5.41, 5.74) is 2.38. The summed E-state index contributed by atoms with van der Waals surface area (Å²) < 4.78 is 0. The van der Waals surface area contributed by atoms with E-state index in [2.05, 4.69) is 34.1 Å². The lowest BCUT2D eigenvalue weighted by atomic mass is 10.1. The average Bonchev–Trinajstić information content (AvgIpc) is 2.86. The van der Waals surface area contributed by atoms with Crippen LogP contribution in [0.3, 0.4) is 0 Å². The number of hydrogen-bond acceptors (Lipinski definition) is 2. The Labute approximate surface area is 119 Å². The van der Waals surface area contributed by atoms with Crippen molar-refractivity contribution in [1.29, 1.82) is 0 Å². The van der Waals surface area contributed by atoms with Crippen LogP contribution in [-0.2, 0) is 6.54 Å². The Morgan fingerprint density at radius 2 is 2.21 bits per heavy atom. The van der Waals surface area contributed by atoms with Crippen molar-refractivity contribution in [1.82, 2.24) is 9.88 Å². The van der Waals surface area contributed by atoms with Crippen molar-refractivity contribution in [2.24, 2.45) is 0 Å². The van der Waals surface area contributed by atoms with Gasteiger partial charge in [-0.2, -0.15) is 0 Å². The topological polar surface area (TPSA) is 16.1 Å². The Morgan fingerprint density at radius 3 is 3.11 bits per heavy atom. The van der Waals surface area contributed by atoms with Gasteiger partial charge < -0.3 is 0 Å². The first-order valence-electron chi connectivity index (χ1n) is 7.00. The van der Waals surface area contributed by atoms with E-state index < -0.39 is 0 Å². The molecule has 19 heavy (non-hydrogen) atoms. The van der Waals surface area contributed by atoms with Crippen molar-refractivity contribution in [3.63, 3.8) is 0 Å². The molecule has 100 valence electrons. The minimum atomic E-state index is 0.656. The molecule has 1 aromatic heterocycles. The molecule has 1 saturated heterocycles. The van der Waals surface area contributed by atoms with E-state index in [9.17, 15) is 0 Å². The van der Waals surface area contributed by atoms with Gasteiger partial charge in [0.15, 0.2) is 0 Å². The Kier molecular flexibility index (Phi) is 4.00. The Bertz CT molecular complexity index is 555. The second kappa shape index (κ2) is 5.89. The SMILES string of the molecule is ClCCC1CCCN1Cc1cnc2ccccc2c1. The van der Waals surface area contributed by atoms with Crippen molar-refractivity contribution in [2.75, 3.05) is 12.4 Å². The molecule has 0 aliphatic carbocycles. The summed E-state index contributed by atoms with van der Waals surface area (Å²) in [6, 6.07) is 11.2. The van der Waals surface area contributed by atoms with Crippen LogP contribution in [0, 0.1) is 0 Å². The zero-order valence-corrected chi connectivity index (χ0v) is 11.8. The van der Waals surface area contributed by atoms with Crippen molar-refractivity contribution < 1.29 is 0 Å².